The zero-order valence-corrected chi connectivity index (χ0v) is 17.9. The van der Waals surface area contributed by atoms with Crippen molar-refractivity contribution < 1.29 is 9.21 Å². The van der Waals surface area contributed by atoms with E-state index in [0.29, 0.717) is 29.3 Å². The number of aryl methyl sites for hydroxylation is 1. The molecule has 1 aromatic carbocycles. The number of H-pyrrole nitrogens is 1. The van der Waals surface area contributed by atoms with Crippen LogP contribution in [-0.2, 0) is 12.2 Å². The fourth-order valence-electron chi connectivity index (χ4n) is 2.98. The Morgan fingerprint density at radius 1 is 1.26 bits per heavy atom. The molecule has 0 fully saturated rings. The lowest BCUT2D eigenvalue weighted by atomic mass is 10.3. The molecule has 0 aliphatic rings. The molecule has 0 aliphatic heterocycles. The van der Waals surface area contributed by atoms with Crippen LogP contribution in [0.1, 0.15) is 29.0 Å². The Morgan fingerprint density at radius 2 is 2.16 bits per heavy atom. The van der Waals surface area contributed by atoms with Crippen LogP contribution in [0.3, 0.4) is 0 Å². The first-order chi connectivity index (χ1) is 15.1. The lowest BCUT2D eigenvalue weighted by Gasteiger charge is -2.02. The van der Waals surface area contributed by atoms with E-state index in [1.807, 2.05) is 19.1 Å². The third-order valence-corrected chi connectivity index (χ3v) is 6.67. The standard InChI is InChI=1S/C20H16N6O3S2/c1-2-16-24-19-22-12(9-17(27)26(19)25-16)10-30-20-23-13-6-5-11(8-15(13)31-20)21-18(28)14-4-3-7-29-14/h3-9H,2,10H2,1H3,(H,21,28)(H,22,24,25). The molecule has 0 aliphatic carbocycles. The SMILES string of the molecule is CCc1nc2nc(CSc3nc4ccc(NC(=O)c5ccco5)cc4s3)cc(=O)n2[nH]1. The van der Waals surface area contributed by atoms with Gasteiger partial charge in [-0.15, -0.1) is 11.3 Å². The van der Waals surface area contributed by atoms with E-state index in [1.54, 1.807) is 18.2 Å². The second-order valence-corrected chi connectivity index (χ2v) is 8.88. The molecular formula is C20H16N6O3S2. The summed E-state index contributed by atoms with van der Waals surface area (Å²) in [6.07, 6.45) is 2.16. The molecule has 4 heterocycles. The molecule has 2 N–H and O–H groups in total. The molecule has 5 rings (SSSR count). The molecule has 5 aromatic rings. The number of nitrogens with one attached hydrogen (secondary N) is 2. The van der Waals surface area contributed by atoms with Gasteiger partial charge < -0.3 is 9.73 Å². The first kappa shape index (κ1) is 19.5. The second kappa shape index (κ2) is 8.00. The predicted molar refractivity (Wildman–Crippen MR) is 119 cm³/mol. The van der Waals surface area contributed by atoms with Crippen LogP contribution in [0.25, 0.3) is 16.0 Å². The van der Waals surface area contributed by atoms with Gasteiger partial charge in [0.05, 0.1) is 22.2 Å². The lowest BCUT2D eigenvalue weighted by Crippen LogP contribution is -2.15. The van der Waals surface area contributed by atoms with E-state index in [1.165, 1.54) is 39.9 Å². The van der Waals surface area contributed by atoms with E-state index in [2.05, 4.69) is 25.4 Å². The Bertz CT molecular complexity index is 1450. The van der Waals surface area contributed by atoms with Crippen molar-refractivity contribution in [2.24, 2.45) is 0 Å². The van der Waals surface area contributed by atoms with Crippen molar-refractivity contribution in [1.29, 1.82) is 0 Å². The van der Waals surface area contributed by atoms with Crippen molar-refractivity contribution in [1.82, 2.24) is 24.6 Å². The number of amides is 1. The number of rotatable bonds is 6. The van der Waals surface area contributed by atoms with Gasteiger partial charge in [0.1, 0.15) is 5.82 Å². The van der Waals surface area contributed by atoms with Gasteiger partial charge in [-0.05, 0) is 30.3 Å². The average Bonchev–Trinajstić information content (AvgIpc) is 3.50. The molecule has 4 aromatic heterocycles. The fourth-order valence-corrected chi connectivity index (χ4v) is 4.98. The molecule has 11 heteroatoms. The highest BCUT2D eigenvalue weighted by atomic mass is 32.2. The Morgan fingerprint density at radius 3 is 2.97 bits per heavy atom. The number of benzene rings is 1. The van der Waals surface area contributed by atoms with Gasteiger partial charge in [-0.1, -0.05) is 18.7 Å². The quantitative estimate of drug-likeness (QED) is 0.377. The molecule has 0 saturated heterocycles. The maximum absolute atomic E-state index is 12.3. The third kappa shape index (κ3) is 3.97. The van der Waals surface area contributed by atoms with Crippen molar-refractivity contribution in [3.63, 3.8) is 0 Å². The minimum Gasteiger partial charge on any atom is -0.459 e. The Balaban J connectivity index is 1.32. The van der Waals surface area contributed by atoms with Gasteiger partial charge in [0, 0.05) is 23.9 Å². The number of thiazole rings is 1. The molecule has 0 unspecified atom stereocenters. The zero-order valence-electron chi connectivity index (χ0n) is 16.3. The minimum atomic E-state index is -0.305. The number of thioether (sulfide) groups is 1. The highest BCUT2D eigenvalue weighted by Crippen LogP contribution is 2.32. The summed E-state index contributed by atoms with van der Waals surface area (Å²) < 4.78 is 8.26. The summed E-state index contributed by atoms with van der Waals surface area (Å²) in [5.41, 5.74) is 1.97. The normalized spacial score (nSPS) is 11.4. The van der Waals surface area contributed by atoms with Crippen LogP contribution >= 0.6 is 23.1 Å². The summed E-state index contributed by atoms with van der Waals surface area (Å²) in [4.78, 5) is 37.8. The summed E-state index contributed by atoms with van der Waals surface area (Å²) in [6.45, 7) is 1.96. The van der Waals surface area contributed by atoms with Crippen molar-refractivity contribution >= 4 is 50.7 Å². The van der Waals surface area contributed by atoms with Crippen molar-refractivity contribution in [3.05, 3.63) is 70.3 Å². The molecule has 0 spiro atoms. The number of anilines is 1. The van der Waals surface area contributed by atoms with E-state index in [9.17, 15) is 9.59 Å². The molecule has 0 atom stereocenters. The Kier molecular flexibility index (Phi) is 5.04. The van der Waals surface area contributed by atoms with Crippen LogP contribution in [0.5, 0.6) is 0 Å². The average molecular weight is 453 g/mol. The fraction of sp³-hybridized carbons (Fsp3) is 0.150. The Hall–Kier alpha value is -3.44. The molecular weight excluding hydrogens is 436 g/mol. The first-order valence-corrected chi connectivity index (χ1v) is 11.2. The smallest absolute Gasteiger partial charge is 0.291 e. The number of furan rings is 1. The number of carbonyl (C=O) groups excluding carboxylic acids is 1. The topological polar surface area (TPSA) is 118 Å². The molecule has 0 radical (unpaired) electrons. The summed E-state index contributed by atoms with van der Waals surface area (Å²) >= 11 is 3.02. The zero-order chi connectivity index (χ0) is 21.4. The van der Waals surface area contributed by atoms with Gasteiger partial charge in [-0.25, -0.2) is 9.97 Å². The second-order valence-electron chi connectivity index (χ2n) is 6.63. The van der Waals surface area contributed by atoms with Crippen LogP contribution < -0.4 is 10.9 Å². The van der Waals surface area contributed by atoms with Gasteiger partial charge in [0.25, 0.3) is 17.2 Å². The van der Waals surface area contributed by atoms with Crippen molar-refractivity contribution in [2.45, 2.75) is 23.4 Å². The van der Waals surface area contributed by atoms with Crippen molar-refractivity contribution in [3.8, 4) is 0 Å². The number of hydrogen-bond acceptors (Lipinski definition) is 8. The summed E-state index contributed by atoms with van der Waals surface area (Å²) in [6, 6.07) is 10.3. The maximum atomic E-state index is 12.3. The third-order valence-electron chi connectivity index (χ3n) is 4.48. The number of aromatic amines is 1. The predicted octanol–water partition coefficient (Wildman–Crippen LogP) is 3.73. The van der Waals surface area contributed by atoms with Gasteiger partial charge in [0.15, 0.2) is 10.1 Å². The van der Waals surface area contributed by atoms with E-state index < -0.39 is 0 Å². The van der Waals surface area contributed by atoms with Crippen LogP contribution in [0.15, 0.2) is 56.2 Å². The van der Waals surface area contributed by atoms with E-state index in [-0.39, 0.29) is 17.2 Å². The van der Waals surface area contributed by atoms with Gasteiger partial charge in [-0.3, -0.25) is 14.7 Å². The van der Waals surface area contributed by atoms with Crippen LogP contribution in [0, 0.1) is 0 Å². The number of aromatic nitrogens is 5. The number of hydrogen-bond donors (Lipinski definition) is 2. The van der Waals surface area contributed by atoms with Crippen molar-refractivity contribution in [2.75, 3.05) is 5.32 Å². The lowest BCUT2D eigenvalue weighted by molar-refractivity contribution is 0.0996. The summed E-state index contributed by atoms with van der Waals surface area (Å²) in [5, 5.41) is 5.75. The number of nitrogens with zero attached hydrogens (tertiary/aromatic N) is 4. The molecule has 9 nitrogen and oxygen atoms in total. The number of carbonyl (C=O) groups is 1. The van der Waals surface area contributed by atoms with Gasteiger partial charge in [-0.2, -0.15) is 9.50 Å². The number of fused-ring (bicyclic) bond motifs is 2. The van der Waals surface area contributed by atoms with Crippen LogP contribution in [-0.4, -0.2) is 30.5 Å². The highest BCUT2D eigenvalue weighted by Gasteiger charge is 2.12. The molecule has 0 bridgehead atoms. The minimum absolute atomic E-state index is 0.186. The van der Waals surface area contributed by atoms with E-state index in [4.69, 9.17) is 4.42 Å². The molecule has 31 heavy (non-hydrogen) atoms. The monoisotopic (exact) mass is 452 g/mol. The largest absolute Gasteiger partial charge is 0.459 e. The van der Waals surface area contributed by atoms with Gasteiger partial charge in [0.2, 0.25) is 0 Å². The summed E-state index contributed by atoms with van der Waals surface area (Å²) in [5.74, 6) is 1.55. The Labute approximate surface area is 183 Å². The highest BCUT2D eigenvalue weighted by molar-refractivity contribution is 8.00. The molecule has 156 valence electrons. The van der Waals surface area contributed by atoms with Crippen LogP contribution in [0.2, 0.25) is 0 Å². The van der Waals surface area contributed by atoms with Gasteiger partial charge >= 0.3 is 0 Å². The molecule has 0 saturated carbocycles. The first-order valence-electron chi connectivity index (χ1n) is 9.45. The van der Waals surface area contributed by atoms with Crippen LogP contribution in [0.4, 0.5) is 5.69 Å². The summed E-state index contributed by atoms with van der Waals surface area (Å²) in [7, 11) is 0. The van der Waals surface area contributed by atoms with E-state index >= 15 is 0 Å². The molecule has 1 amide bonds. The van der Waals surface area contributed by atoms with E-state index in [0.717, 1.165) is 20.4 Å². The maximum Gasteiger partial charge on any atom is 0.291 e.